The van der Waals surface area contributed by atoms with Gasteiger partial charge >= 0.3 is 0 Å². The number of hydrogen-bond acceptors (Lipinski definition) is 7. The molecule has 0 bridgehead atoms. The predicted molar refractivity (Wildman–Crippen MR) is 100 cm³/mol. The van der Waals surface area contributed by atoms with Gasteiger partial charge < -0.3 is 9.47 Å². The monoisotopic (exact) mass is 377 g/mol. The molecule has 0 N–H and O–H groups in total. The molecule has 132 valence electrons. The highest BCUT2D eigenvalue weighted by atomic mass is 32.1. The predicted octanol–water partition coefficient (Wildman–Crippen LogP) is 4.51. The summed E-state index contributed by atoms with van der Waals surface area (Å²) < 4.78 is 10.7. The number of nitro benzene ring substituents is 1. The number of aromatic nitrogens is 1. The van der Waals surface area contributed by atoms with Gasteiger partial charge in [-0.25, -0.2) is 4.98 Å². The Bertz CT molecular complexity index is 1100. The average molecular weight is 377 g/mol. The van der Waals surface area contributed by atoms with E-state index < -0.39 is 4.92 Å². The second-order valence-electron chi connectivity index (χ2n) is 5.62. The first-order valence-electron chi connectivity index (χ1n) is 7.86. The lowest BCUT2D eigenvalue weighted by Crippen LogP contribution is -1.92. The third-order valence-electron chi connectivity index (χ3n) is 3.94. The van der Waals surface area contributed by atoms with Crippen molar-refractivity contribution in [3.8, 4) is 28.8 Å². The van der Waals surface area contributed by atoms with Crippen LogP contribution < -0.4 is 9.47 Å². The molecule has 4 rings (SSSR count). The molecule has 0 spiro atoms. The van der Waals surface area contributed by atoms with Gasteiger partial charge in [0, 0.05) is 23.1 Å². The largest absolute Gasteiger partial charge is 0.454 e. The maximum Gasteiger partial charge on any atom is 0.269 e. The Morgan fingerprint density at radius 2 is 2.00 bits per heavy atom. The summed E-state index contributed by atoms with van der Waals surface area (Å²) in [6.45, 7) is 0.206. The Morgan fingerprint density at radius 1 is 1.22 bits per heavy atom. The number of non-ortho nitro benzene ring substituents is 1. The molecule has 0 aliphatic carbocycles. The van der Waals surface area contributed by atoms with Crippen LogP contribution in [0.2, 0.25) is 0 Å². The molecule has 0 atom stereocenters. The normalized spacial score (nSPS) is 12.6. The number of hydrogen-bond donors (Lipinski definition) is 0. The number of allylic oxidation sites excluding steroid dienone is 1. The molecule has 1 aliphatic heterocycles. The number of nitro groups is 1. The van der Waals surface area contributed by atoms with E-state index in [0.717, 1.165) is 11.3 Å². The molecule has 2 aromatic carbocycles. The molecular formula is C19H11N3O4S. The third-order valence-corrected chi connectivity index (χ3v) is 4.81. The zero-order valence-electron chi connectivity index (χ0n) is 13.8. The summed E-state index contributed by atoms with van der Waals surface area (Å²) in [6, 6.07) is 13.7. The standard InChI is InChI=1S/C19H11N3O4S/c20-9-14(7-12-1-4-15(5-2-12)22(23)24)19-21-16(10-27-19)13-3-6-17-18(8-13)26-11-25-17/h1-8,10H,11H2. The van der Waals surface area contributed by atoms with Gasteiger partial charge in [0.1, 0.15) is 11.1 Å². The number of nitriles is 1. The van der Waals surface area contributed by atoms with Crippen LogP contribution >= 0.6 is 11.3 Å². The minimum Gasteiger partial charge on any atom is -0.454 e. The van der Waals surface area contributed by atoms with Crippen LogP contribution in [0.5, 0.6) is 11.5 Å². The fourth-order valence-corrected chi connectivity index (χ4v) is 3.38. The molecule has 27 heavy (non-hydrogen) atoms. The van der Waals surface area contributed by atoms with Gasteiger partial charge in [0.15, 0.2) is 11.5 Å². The minimum atomic E-state index is -0.461. The van der Waals surface area contributed by atoms with Gasteiger partial charge in [0.25, 0.3) is 5.69 Å². The summed E-state index contributed by atoms with van der Waals surface area (Å²) in [6.07, 6.45) is 1.66. The summed E-state index contributed by atoms with van der Waals surface area (Å²) in [4.78, 5) is 14.8. The van der Waals surface area contributed by atoms with E-state index in [0.29, 0.717) is 27.6 Å². The molecule has 0 amide bonds. The van der Waals surface area contributed by atoms with Gasteiger partial charge in [-0.3, -0.25) is 10.1 Å². The summed E-state index contributed by atoms with van der Waals surface area (Å²) >= 11 is 1.36. The third kappa shape index (κ3) is 3.36. The number of benzene rings is 2. The summed E-state index contributed by atoms with van der Waals surface area (Å²) in [5, 5.41) is 22.7. The molecule has 3 aromatic rings. The molecule has 2 heterocycles. The van der Waals surface area contributed by atoms with Crippen molar-refractivity contribution in [1.29, 1.82) is 5.26 Å². The topological polar surface area (TPSA) is 98.3 Å². The molecule has 0 saturated carbocycles. The number of rotatable bonds is 4. The van der Waals surface area contributed by atoms with E-state index in [-0.39, 0.29) is 12.5 Å². The Labute approximate surface area is 157 Å². The van der Waals surface area contributed by atoms with Crippen molar-refractivity contribution in [3.63, 3.8) is 0 Å². The van der Waals surface area contributed by atoms with Crippen LogP contribution in [0.1, 0.15) is 10.6 Å². The Hall–Kier alpha value is -3.70. The molecule has 0 fully saturated rings. The zero-order valence-corrected chi connectivity index (χ0v) is 14.6. The molecular weight excluding hydrogens is 366 g/mol. The SMILES string of the molecule is N#CC(=Cc1ccc([N+](=O)[O-])cc1)c1nc(-c2ccc3c(c2)OCO3)cs1. The lowest BCUT2D eigenvalue weighted by atomic mass is 10.1. The smallest absolute Gasteiger partial charge is 0.269 e. The fourth-order valence-electron chi connectivity index (χ4n) is 2.59. The van der Waals surface area contributed by atoms with Crippen LogP contribution in [0.15, 0.2) is 47.8 Å². The maximum absolute atomic E-state index is 10.7. The van der Waals surface area contributed by atoms with Crippen LogP contribution in [0.25, 0.3) is 22.9 Å². The van der Waals surface area contributed by atoms with Gasteiger partial charge in [0.2, 0.25) is 6.79 Å². The summed E-state index contributed by atoms with van der Waals surface area (Å²) in [7, 11) is 0. The first-order chi connectivity index (χ1) is 13.1. The van der Waals surface area contributed by atoms with Crippen LogP contribution in [-0.2, 0) is 0 Å². The first-order valence-corrected chi connectivity index (χ1v) is 8.74. The zero-order chi connectivity index (χ0) is 18.8. The highest BCUT2D eigenvalue weighted by Crippen LogP contribution is 2.36. The van der Waals surface area contributed by atoms with E-state index >= 15 is 0 Å². The average Bonchev–Trinajstić information content (AvgIpc) is 3.35. The van der Waals surface area contributed by atoms with Crippen molar-refractivity contribution in [2.75, 3.05) is 6.79 Å². The molecule has 8 heteroatoms. The molecule has 0 radical (unpaired) electrons. The van der Waals surface area contributed by atoms with E-state index in [1.165, 1.54) is 23.5 Å². The van der Waals surface area contributed by atoms with E-state index in [1.807, 2.05) is 23.6 Å². The number of nitrogens with zero attached hydrogens (tertiary/aromatic N) is 3. The fraction of sp³-hybridized carbons (Fsp3) is 0.0526. The minimum absolute atomic E-state index is 0.00463. The van der Waals surface area contributed by atoms with E-state index in [4.69, 9.17) is 9.47 Å². The van der Waals surface area contributed by atoms with Crippen LogP contribution in [-0.4, -0.2) is 16.7 Å². The number of ether oxygens (including phenoxy) is 2. The molecule has 0 unspecified atom stereocenters. The lowest BCUT2D eigenvalue weighted by molar-refractivity contribution is -0.384. The second kappa shape index (κ2) is 6.90. The Balaban J connectivity index is 1.62. The van der Waals surface area contributed by atoms with Crippen LogP contribution in [0, 0.1) is 21.4 Å². The van der Waals surface area contributed by atoms with Crippen molar-refractivity contribution in [1.82, 2.24) is 4.98 Å². The van der Waals surface area contributed by atoms with Crippen molar-refractivity contribution in [2.24, 2.45) is 0 Å². The molecule has 1 aliphatic rings. The van der Waals surface area contributed by atoms with Gasteiger partial charge in [0.05, 0.1) is 16.2 Å². The maximum atomic E-state index is 10.7. The quantitative estimate of drug-likeness (QED) is 0.377. The highest BCUT2D eigenvalue weighted by Gasteiger charge is 2.16. The van der Waals surface area contributed by atoms with Gasteiger partial charge in [-0.05, 0) is 42.0 Å². The van der Waals surface area contributed by atoms with Gasteiger partial charge in [-0.2, -0.15) is 5.26 Å². The van der Waals surface area contributed by atoms with Gasteiger partial charge in [-0.15, -0.1) is 11.3 Å². The molecule has 7 nitrogen and oxygen atoms in total. The number of thiazole rings is 1. The van der Waals surface area contributed by atoms with Crippen molar-refractivity contribution >= 4 is 28.7 Å². The van der Waals surface area contributed by atoms with E-state index in [9.17, 15) is 15.4 Å². The van der Waals surface area contributed by atoms with E-state index in [2.05, 4.69) is 11.1 Å². The summed E-state index contributed by atoms with van der Waals surface area (Å²) in [5.74, 6) is 1.37. The van der Waals surface area contributed by atoms with Gasteiger partial charge in [-0.1, -0.05) is 0 Å². The van der Waals surface area contributed by atoms with Crippen molar-refractivity contribution in [2.45, 2.75) is 0 Å². The number of fused-ring (bicyclic) bond motifs is 1. The Kier molecular flexibility index (Phi) is 4.28. The molecule has 0 saturated heterocycles. The first kappa shape index (κ1) is 16.8. The van der Waals surface area contributed by atoms with E-state index in [1.54, 1.807) is 18.2 Å². The van der Waals surface area contributed by atoms with Crippen molar-refractivity contribution < 1.29 is 14.4 Å². The summed E-state index contributed by atoms with van der Waals surface area (Å²) in [5.41, 5.74) is 2.69. The van der Waals surface area contributed by atoms with Crippen molar-refractivity contribution in [3.05, 3.63) is 68.5 Å². The van der Waals surface area contributed by atoms with Crippen LogP contribution in [0.4, 0.5) is 5.69 Å². The Morgan fingerprint density at radius 3 is 2.74 bits per heavy atom. The second-order valence-corrected chi connectivity index (χ2v) is 6.48. The van der Waals surface area contributed by atoms with Crippen LogP contribution in [0.3, 0.4) is 0 Å². The molecule has 1 aromatic heterocycles. The lowest BCUT2D eigenvalue weighted by Gasteiger charge is -1.99. The highest BCUT2D eigenvalue weighted by molar-refractivity contribution is 7.11.